The number of nitrogens with zero attached hydrogens (tertiary/aromatic N) is 2. The number of rotatable bonds is 3. The molecule has 24 heavy (non-hydrogen) atoms. The lowest BCUT2D eigenvalue weighted by molar-refractivity contribution is -0.132. The molecule has 2 heterocycles. The third-order valence-corrected chi connectivity index (χ3v) is 4.79. The van der Waals surface area contributed by atoms with Crippen molar-refractivity contribution in [3.63, 3.8) is 0 Å². The van der Waals surface area contributed by atoms with Crippen LogP contribution >= 0.6 is 0 Å². The molecule has 1 atom stereocenters. The molecule has 3 rings (SSSR count). The van der Waals surface area contributed by atoms with Crippen molar-refractivity contribution in [2.24, 2.45) is 0 Å². The van der Waals surface area contributed by atoms with Crippen LogP contribution in [0.5, 0.6) is 0 Å². The predicted molar refractivity (Wildman–Crippen MR) is 91.3 cm³/mol. The number of hydrogen-bond donors (Lipinski definition) is 0. The second kappa shape index (κ2) is 7.51. The van der Waals surface area contributed by atoms with Crippen molar-refractivity contribution in [3.8, 4) is 0 Å². The van der Waals surface area contributed by atoms with E-state index in [-0.39, 0.29) is 24.1 Å². The first kappa shape index (κ1) is 16.6. The van der Waals surface area contributed by atoms with Gasteiger partial charge in [0.05, 0.1) is 0 Å². The molecule has 0 bridgehead atoms. The summed E-state index contributed by atoms with van der Waals surface area (Å²) in [5.41, 5.74) is 0.986. The molecule has 0 aromatic heterocycles. The average molecular weight is 328 g/mol. The topological polar surface area (TPSA) is 49.9 Å². The minimum Gasteiger partial charge on any atom is -0.445 e. The molecule has 2 aliphatic heterocycles. The summed E-state index contributed by atoms with van der Waals surface area (Å²) in [6.45, 7) is 3.66. The van der Waals surface area contributed by atoms with Crippen molar-refractivity contribution in [2.45, 2.75) is 44.9 Å². The van der Waals surface area contributed by atoms with Gasteiger partial charge in [-0.25, -0.2) is 4.79 Å². The molecule has 1 unspecified atom stereocenters. The first-order valence-corrected chi connectivity index (χ1v) is 8.59. The summed E-state index contributed by atoms with van der Waals surface area (Å²) in [6.07, 6.45) is 5.87. The van der Waals surface area contributed by atoms with Crippen LogP contribution in [0.3, 0.4) is 0 Å². The van der Waals surface area contributed by atoms with Crippen molar-refractivity contribution in [1.29, 1.82) is 0 Å². The smallest absolute Gasteiger partial charge is 0.410 e. The van der Waals surface area contributed by atoms with Gasteiger partial charge in [-0.1, -0.05) is 36.4 Å². The Morgan fingerprint density at radius 2 is 1.92 bits per heavy atom. The lowest BCUT2D eigenvalue weighted by atomic mass is 9.98. The first-order chi connectivity index (χ1) is 11.6. The van der Waals surface area contributed by atoms with Crippen LogP contribution < -0.4 is 0 Å². The van der Waals surface area contributed by atoms with Crippen LogP contribution in [0.4, 0.5) is 4.79 Å². The highest BCUT2D eigenvalue weighted by Gasteiger charge is 2.32. The summed E-state index contributed by atoms with van der Waals surface area (Å²) < 4.78 is 5.39. The van der Waals surface area contributed by atoms with Crippen LogP contribution in [0.2, 0.25) is 0 Å². The van der Waals surface area contributed by atoms with Gasteiger partial charge in [0, 0.05) is 25.2 Å². The van der Waals surface area contributed by atoms with Crippen molar-refractivity contribution in [3.05, 3.63) is 48.0 Å². The maximum Gasteiger partial charge on any atom is 0.410 e. The number of piperidine rings is 1. The van der Waals surface area contributed by atoms with Gasteiger partial charge >= 0.3 is 6.09 Å². The molecule has 1 fully saturated rings. The zero-order valence-electron chi connectivity index (χ0n) is 14.1. The van der Waals surface area contributed by atoms with Gasteiger partial charge in [0.25, 0.3) is 0 Å². The van der Waals surface area contributed by atoms with Gasteiger partial charge < -0.3 is 14.5 Å². The van der Waals surface area contributed by atoms with Crippen molar-refractivity contribution >= 4 is 12.0 Å². The van der Waals surface area contributed by atoms with Gasteiger partial charge in [-0.2, -0.15) is 0 Å². The third kappa shape index (κ3) is 3.78. The minimum atomic E-state index is -0.268. The Hall–Kier alpha value is -2.30. The van der Waals surface area contributed by atoms with Crippen LogP contribution in [0.15, 0.2) is 42.5 Å². The Bertz CT molecular complexity index is 606. The van der Waals surface area contributed by atoms with Crippen molar-refractivity contribution in [1.82, 2.24) is 9.80 Å². The Kier molecular flexibility index (Phi) is 5.18. The maximum atomic E-state index is 12.2. The lowest BCUT2D eigenvalue weighted by Gasteiger charge is -2.41. The van der Waals surface area contributed by atoms with Gasteiger partial charge in [-0.3, -0.25) is 4.79 Å². The molecule has 2 amide bonds. The molecule has 1 aromatic rings. The van der Waals surface area contributed by atoms with E-state index in [0.717, 1.165) is 24.8 Å². The second-order valence-corrected chi connectivity index (χ2v) is 6.49. The number of amides is 2. The van der Waals surface area contributed by atoms with Crippen LogP contribution in [0.1, 0.15) is 31.7 Å². The highest BCUT2D eigenvalue weighted by atomic mass is 16.6. The highest BCUT2D eigenvalue weighted by Crippen LogP contribution is 2.23. The first-order valence-electron chi connectivity index (χ1n) is 8.59. The molecule has 0 saturated carbocycles. The number of likely N-dealkylation sites (tertiary alicyclic amines) is 1. The second-order valence-electron chi connectivity index (χ2n) is 6.49. The Labute approximate surface area is 142 Å². The number of carbonyl (C=O) groups is 2. The fourth-order valence-corrected chi connectivity index (χ4v) is 3.46. The van der Waals surface area contributed by atoms with E-state index in [9.17, 15) is 9.59 Å². The molecular formula is C19H24N2O3. The normalized spacial score (nSPS) is 21.9. The van der Waals surface area contributed by atoms with Crippen LogP contribution in [0, 0.1) is 0 Å². The summed E-state index contributed by atoms with van der Waals surface area (Å²) >= 11 is 0. The fraction of sp³-hybridized carbons (Fsp3) is 0.474. The van der Waals surface area contributed by atoms with Crippen molar-refractivity contribution in [2.75, 3.05) is 13.1 Å². The van der Waals surface area contributed by atoms with Gasteiger partial charge in [0.2, 0.25) is 5.91 Å². The van der Waals surface area contributed by atoms with E-state index >= 15 is 0 Å². The lowest BCUT2D eigenvalue weighted by Crippen LogP contribution is -2.52. The van der Waals surface area contributed by atoms with Gasteiger partial charge in [-0.05, 0) is 37.8 Å². The number of carbonyl (C=O) groups excluding carboxylic acids is 2. The molecular weight excluding hydrogens is 304 g/mol. The van der Waals surface area contributed by atoms with Crippen LogP contribution in [-0.2, 0) is 16.1 Å². The number of benzene rings is 1. The molecule has 0 spiro atoms. The van der Waals surface area contributed by atoms with E-state index in [1.165, 1.54) is 0 Å². The quantitative estimate of drug-likeness (QED) is 0.857. The van der Waals surface area contributed by atoms with E-state index in [0.29, 0.717) is 19.7 Å². The standard InChI is InChI=1S/C19H24N2O3/c1-15-6-5-9-18(22)21(15)17-10-12-20(13-11-17)19(23)24-14-16-7-3-2-4-8-16/h2-5,7-9,15,17H,6,10-14H2,1H3. The SMILES string of the molecule is CC1CC=CC(=O)N1C1CCN(C(=O)OCc2ccccc2)CC1. The average Bonchev–Trinajstić information content (AvgIpc) is 2.61. The summed E-state index contributed by atoms with van der Waals surface area (Å²) in [5, 5.41) is 0. The molecule has 0 N–H and O–H groups in total. The molecule has 2 aliphatic rings. The largest absolute Gasteiger partial charge is 0.445 e. The Morgan fingerprint density at radius 3 is 2.58 bits per heavy atom. The van der Waals surface area contributed by atoms with Gasteiger partial charge in [-0.15, -0.1) is 0 Å². The highest BCUT2D eigenvalue weighted by molar-refractivity contribution is 5.89. The molecule has 5 heteroatoms. The summed E-state index contributed by atoms with van der Waals surface area (Å²) in [4.78, 5) is 28.0. The Balaban J connectivity index is 1.48. The molecule has 1 aromatic carbocycles. The number of hydrogen-bond acceptors (Lipinski definition) is 3. The van der Waals surface area contributed by atoms with E-state index in [4.69, 9.17) is 4.74 Å². The fourth-order valence-electron chi connectivity index (χ4n) is 3.46. The van der Waals surface area contributed by atoms with E-state index < -0.39 is 0 Å². The molecule has 5 nitrogen and oxygen atoms in total. The summed E-state index contributed by atoms with van der Waals surface area (Å²) in [7, 11) is 0. The summed E-state index contributed by atoms with van der Waals surface area (Å²) in [5.74, 6) is 0.0962. The molecule has 1 saturated heterocycles. The molecule has 128 valence electrons. The van der Waals surface area contributed by atoms with Crippen LogP contribution in [0.25, 0.3) is 0 Å². The van der Waals surface area contributed by atoms with Gasteiger partial charge in [0.15, 0.2) is 0 Å². The van der Waals surface area contributed by atoms with E-state index in [1.807, 2.05) is 41.3 Å². The number of ether oxygens (including phenoxy) is 1. The summed E-state index contributed by atoms with van der Waals surface area (Å²) in [6, 6.07) is 10.1. The molecule has 0 radical (unpaired) electrons. The minimum absolute atomic E-state index is 0.0962. The van der Waals surface area contributed by atoms with Crippen LogP contribution in [-0.4, -0.2) is 47.0 Å². The van der Waals surface area contributed by atoms with E-state index in [2.05, 4.69) is 6.92 Å². The maximum absolute atomic E-state index is 12.2. The van der Waals surface area contributed by atoms with E-state index in [1.54, 1.807) is 11.0 Å². The predicted octanol–water partition coefficient (Wildman–Crippen LogP) is 2.96. The molecule has 0 aliphatic carbocycles. The third-order valence-electron chi connectivity index (χ3n) is 4.79. The Morgan fingerprint density at radius 1 is 1.21 bits per heavy atom. The zero-order chi connectivity index (χ0) is 16.9. The zero-order valence-corrected chi connectivity index (χ0v) is 14.1. The monoisotopic (exact) mass is 328 g/mol. The van der Waals surface area contributed by atoms with Crippen molar-refractivity contribution < 1.29 is 14.3 Å². The van der Waals surface area contributed by atoms with Gasteiger partial charge in [0.1, 0.15) is 6.61 Å².